The van der Waals surface area contributed by atoms with Crippen LogP contribution in [0.3, 0.4) is 0 Å². The number of ketones is 2. The average Bonchev–Trinajstić information content (AvgIpc) is 2.74. The van der Waals surface area contributed by atoms with E-state index in [2.05, 4.69) is 28.1 Å². The van der Waals surface area contributed by atoms with Crippen LogP contribution in [0, 0.1) is 12.8 Å². The lowest BCUT2D eigenvalue weighted by Crippen LogP contribution is -2.36. The molecule has 1 saturated heterocycles. The lowest BCUT2D eigenvalue weighted by molar-refractivity contribution is -0.123. The highest BCUT2D eigenvalue weighted by Gasteiger charge is 2.27. The molecule has 0 aliphatic carbocycles. The normalized spacial score (nSPS) is 15.5. The Bertz CT molecular complexity index is 1040. The SMILES string of the molecule is Cc1ccncc1C(=O)CC(=O)C1CCN(Cc2ccc3ccccc3n2)CC1. The minimum absolute atomic E-state index is 0.0244. The highest BCUT2D eigenvalue weighted by atomic mass is 16.1. The number of benzene rings is 1. The number of piperidine rings is 1. The molecule has 148 valence electrons. The third-order valence-electron chi connectivity index (χ3n) is 5.76. The number of fused-ring (bicyclic) bond motifs is 1. The molecule has 0 unspecified atom stereocenters. The van der Waals surface area contributed by atoms with E-state index in [0.717, 1.165) is 54.6 Å². The fraction of sp³-hybridized carbons (Fsp3) is 0.333. The number of nitrogens with zero attached hydrogens (tertiary/aromatic N) is 3. The smallest absolute Gasteiger partial charge is 0.172 e. The van der Waals surface area contributed by atoms with Gasteiger partial charge in [0.05, 0.1) is 17.6 Å². The lowest BCUT2D eigenvalue weighted by Gasteiger charge is -2.31. The number of rotatable bonds is 6. The number of hydrogen-bond acceptors (Lipinski definition) is 5. The van der Waals surface area contributed by atoms with Gasteiger partial charge in [-0.15, -0.1) is 0 Å². The van der Waals surface area contributed by atoms with Crippen molar-refractivity contribution in [2.24, 2.45) is 5.92 Å². The van der Waals surface area contributed by atoms with Gasteiger partial charge in [-0.2, -0.15) is 0 Å². The number of carbonyl (C=O) groups is 2. The van der Waals surface area contributed by atoms with Crippen molar-refractivity contribution in [1.29, 1.82) is 0 Å². The molecule has 4 rings (SSSR count). The van der Waals surface area contributed by atoms with Crippen molar-refractivity contribution in [3.8, 4) is 0 Å². The summed E-state index contributed by atoms with van der Waals surface area (Å²) in [6, 6.07) is 14.1. The topological polar surface area (TPSA) is 63.2 Å². The summed E-state index contributed by atoms with van der Waals surface area (Å²) in [4.78, 5) is 36.2. The first-order valence-corrected chi connectivity index (χ1v) is 10.1. The molecule has 3 aromatic rings. The highest BCUT2D eigenvalue weighted by molar-refractivity contribution is 6.09. The van der Waals surface area contributed by atoms with Crippen LogP contribution in [0.4, 0.5) is 0 Å². The summed E-state index contributed by atoms with van der Waals surface area (Å²) in [5.41, 5.74) is 3.49. The average molecular weight is 387 g/mol. The quantitative estimate of drug-likeness (QED) is 0.473. The van der Waals surface area contributed by atoms with Crippen molar-refractivity contribution in [1.82, 2.24) is 14.9 Å². The zero-order valence-corrected chi connectivity index (χ0v) is 16.7. The summed E-state index contributed by atoms with van der Waals surface area (Å²) in [6.45, 7) is 4.37. The van der Waals surface area contributed by atoms with Gasteiger partial charge < -0.3 is 0 Å². The monoisotopic (exact) mass is 387 g/mol. The van der Waals surface area contributed by atoms with Gasteiger partial charge in [-0.1, -0.05) is 24.3 Å². The molecule has 5 nitrogen and oxygen atoms in total. The number of aromatic nitrogens is 2. The van der Waals surface area contributed by atoms with E-state index in [-0.39, 0.29) is 23.9 Å². The fourth-order valence-corrected chi connectivity index (χ4v) is 3.99. The second-order valence-corrected chi connectivity index (χ2v) is 7.80. The predicted octanol–water partition coefficient (Wildman–Crippen LogP) is 3.99. The Morgan fingerprint density at radius 1 is 1.07 bits per heavy atom. The maximum absolute atomic E-state index is 12.6. The van der Waals surface area contributed by atoms with Gasteiger partial charge in [-0.25, -0.2) is 0 Å². The van der Waals surface area contributed by atoms with Gasteiger partial charge in [-0.05, 0) is 56.6 Å². The van der Waals surface area contributed by atoms with Crippen LogP contribution in [0.2, 0.25) is 0 Å². The van der Waals surface area contributed by atoms with E-state index in [1.165, 1.54) is 0 Å². The Kier molecular flexibility index (Phi) is 5.76. The molecule has 5 heteroatoms. The van der Waals surface area contributed by atoms with E-state index in [9.17, 15) is 9.59 Å². The number of aryl methyl sites for hydroxylation is 1. The van der Waals surface area contributed by atoms with Gasteiger partial charge in [0, 0.05) is 35.8 Å². The second kappa shape index (κ2) is 8.62. The molecule has 0 spiro atoms. The van der Waals surface area contributed by atoms with Crippen molar-refractivity contribution in [2.75, 3.05) is 13.1 Å². The molecule has 0 saturated carbocycles. The number of para-hydroxylation sites is 1. The maximum atomic E-state index is 12.6. The highest BCUT2D eigenvalue weighted by Crippen LogP contribution is 2.22. The molecule has 0 bridgehead atoms. The van der Waals surface area contributed by atoms with Crippen LogP contribution in [0.15, 0.2) is 54.9 Å². The molecule has 0 radical (unpaired) electrons. The first-order valence-electron chi connectivity index (χ1n) is 10.1. The van der Waals surface area contributed by atoms with E-state index in [4.69, 9.17) is 4.98 Å². The number of carbonyl (C=O) groups excluding carboxylic acids is 2. The summed E-state index contributed by atoms with van der Waals surface area (Å²) in [5.74, 6) is -0.0955. The van der Waals surface area contributed by atoms with E-state index in [1.807, 2.05) is 25.1 Å². The molecule has 29 heavy (non-hydrogen) atoms. The largest absolute Gasteiger partial charge is 0.299 e. The summed E-state index contributed by atoms with van der Waals surface area (Å²) >= 11 is 0. The third kappa shape index (κ3) is 4.57. The van der Waals surface area contributed by atoms with Crippen molar-refractivity contribution >= 4 is 22.5 Å². The fourth-order valence-electron chi connectivity index (χ4n) is 3.99. The number of pyridine rings is 2. The van der Waals surface area contributed by atoms with Crippen molar-refractivity contribution in [3.63, 3.8) is 0 Å². The van der Waals surface area contributed by atoms with E-state index in [1.54, 1.807) is 18.5 Å². The van der Waals surface area contributed by atoms with E-state index < -0.39 is 0 Å². The van der Waals surface area contributed by atoms with Crippen LogP contribution in [-0.2, 0) is 11.3 Å². The molecule has 3 heterocycles. The van der Waals surface area contributed by atoms with Crippen LogP contribution in [0.5, 0.6) is 0 Å². The second-order valence-electron chi connectivity index (χ2n) is 7.80. The van der Waals surface area contributed by atoms with E-state index in [0.29, 0.717) is 5.56 Å². The van der Waals surface area contributed by atoms with Crippen LogP contribution in [0.1, 0.15) is 40.9 Å². The molecule has 0 N–H and O–H groups in total. The Hall–Kier alpha value is -2.92. The van der Waals surface area contributed by atoms with Gasteiger partial charge in [-0.3, -0.25) is 24.5 Å². The summed E-state index contributed by atoms with van der Waals surface area (Å²) in [5, 5.41) is 1.15. The van der Waals surface area contributed by atoms with Gasteiger partial charge in [0.15, 0.2) is 5.78 Å². The molecular weight excluding hydrogens is 362 g/mol. The molecule has 1 aliphatic heterocycles. The lowest BCUT2D eigenvalue weighted by atomic mass is 9.89. The molecule has 1 fully saturated rings. The molecule has 1 aromatic carbocycles. The first-order chi connectivity index (χ1) is 14.1. The Labute approximate surface area is 170 Å². The molecule has 0 amide bonds. The van der Waals surface area contributed by atoms with Crippen LogP contribution in [-0.4, -0.2) is 39.5 Å². The van der Waals surface area contributed by atoms with Crippen molar-refractivity contribution in [3.05, 3.63) is 71.7 Å². The van der Waals surface area contributed by atoms with Crippen LogP contribution in [0.25, 0.3) is 10.9 Å². The summed E-state index contributed by atoms with van der Waals surface area (Å²) < 4.78 is 0. The number of Topliss-reactive ketones (excluding diaryl/α,β-unsaturated/α-hetero) is 2. The minimum Gasteiger partial charge on any atom is -0.299 e. The standard InChI is InChI=1S/C24H25N3O2/c1-17-8-11-25-15-21(17)24(29)14-23(28)19-9-12-27(13-10-19)16-20-7-6-18-4-2-3-5-22(18)26-20/h2-8,11,15,19H,9-10,12-14,16H2,1H3. The zero-order valence-electron chi connectivity index (χ0n) is 16.7. The van der Waals surface area contributed by atoms with Gasteiger partial charge in [0.25, 0.3) is 0 Å². The minimum atomic E-state index is -0.122. The number of hydrogen-bond donors (Lipinski definition) is 0. The Morgan fingerprint density at radius 2 is 1.86 bits per heavy atom. The summed E-state index contributed by atoms with van der Waals surface area (Å²) in [7, 11) is 0. The molecule has 0 atom stereocenters. The van der Waals surface area contributed by atoms with E-state index >= 15 is 0 Å². The Morgan fingerprint density at radius 3 is 2.66 bits per heavy atom. The van der Waals surface area contributed by atoms with Gasteiger partial charge in [0.1, 0.15) is 5.78 Å². The molecule has 1 aliphatic rings. The van der Waals surface area contributed by atoms with Crippen molar-refractivity contribution in [2.45, 2.75) is 32.7 Å². The summed E-state index contributed by atoms with van der Waals surface area (Å²) in [6.07, 6.45) is 4.79. The van der Waals surface area contributed by atoms with Gasteiger partial charge >= 0.3 is 0 Å². The number of likely N-dealkylation sites (tertiary alicyclic amines) is 1. The molecule has 2 aromatic heterocycles. The van der Waals surface area contributed by atoms with Crippen LogP contribution >= 0.6 is 0 Å². The first kappa shape index (κ1) is 19.4. The predicted molar refractivity (Wildman–Crippen MR) is 113 cm³/mol. The maximum Gasteiger partial charge on any atom is 0.172 e. The van der Waals surface area contributed by atoms with Crippen molar-refractivity contribution < 1.29 is 9.59 Å². The van der Waals surface area contributed by atoms with Crippen LogP contribution < -0.4 is 0 Å². The zero-order chi connectivity index (χ0) is 20.2. The Balaban J connectivity index is 1.31. The van der Waals surface area contributed by atoms with Gasteiger partial charge in [0.2, 0.25) is 0 Å². The third-order valence-corrected chi connectivity index (χ3v) is 5.76. The molecular formula is C24H25N3O2.